The van der Waals surface area contributed by atoms with Gasteiger partial charge in [-0.15, -0.1) is 0 Å². The molecule has 0 spiro atoms. The van der Waals surface area contributed by atoms with Gasteiger partial charge in [-0.2, -0.15) is 0 Å². The second-order valence-corrected chi connectivity index (χ2v) is 3.13. The monoisotopic (exact) mass is 142 g/mol. The first-order valence-electron chi connectivity index (χ1n) is 3.82. The summed E-state index contributed by atoms with van der Waals surface area (Å²) < 4.78 is 4.92. The fraction of sp³-hybridized carbons (Fsp3) is 0.875. The Kier molecular flexibility index (Phi) is 1.97. The van der Waals surface area contributed by atoms with Crippen molar-refractivity contribution in [2.75, 3.05) is 6.61 Å². The van der Waals surface area contributed by atoms with Crippen LogP contribution in [0.3, 0.4) is 0 Å². The fourth-order valence-corrected chi connectivity index (χ4v) is 1.03. The molecule has 0 aromatic rings. The number of rotatable bonds is 3. The summed E-state index contributed by atoms with van der Waals surface area (Å²) in [7, 11) is 0. The molecular weight excluding hydrogens is 128 g/mol. The zero-order valence-corrected chi connectivity index (χ0v) is 6.64. The number of hydrogen-bond acceptors (Lipinski definition) is 2. The smallest absolute Gasteiger partial charge is 0.302 e. The van der Waals surface area contributed by atoms with Crippen LogP contribution in [-0.4, -0.2) is 12.6 Å². The summed E-state index contributed by atoms with van der Waals surface area (Å²) in [6.45, 7) is 4.25. The molecule has 0 aromatic carbocycles. The van der Waals surface area contributed by atoms with Crippen LogP contribution in [0, 0.1) is 5.41 Å². The van der Waals surface area contributed by atoms with E-state index in [9.17, 15) is 4.79 Å². The SMILES string of the molecule is CCC1(COC(C)=O)CC1. The molecule has 2 nitrogen and oxygen atoms in total. The van der Waals surface area contributed by atoms with Gasteiger partial charge in [0, 0.05) is 12.3 Å². The lowest BCUT2D eigenvalue weighted by atomic mass is 10.1. The van der Waals surface area contributed by atoms with E-state index in [-0.39, 0.29) is 5.97 Å². The molecule has 1 aliphatic rings. The minimum atomic E-state index is -0.153. The molecule has 0 heterocycles. The first-order chi connectivity index (χ1) is 4.68. The van der Waals surface area contributed by atoms with Crippen LogP contribution >= 0.6 is 0 Å². The molecule has 2 heteroatoms. The van der Waals surface area contributed by atoms with Crippen LogP contribution in [0.2, 0.25) is 0 Å². The summed E-state index contributed by atoms with van der Waals surface area (Å²) in [6.07, 6.45) is 3.60. The van der Waals surface area contributed by atoms with Crippen molar-refractivity contribution in [3.63, 3.8) is 0 Å². The van der Waals surface area contributed by atoms with E-state index in [4.69, 9.17) is 4.74 Å². The van der Waals surface area contributed by atoms with E-state index in [0.717, 1.165) is 6.42 Å². The van der Waals surface area contributed by atoms with E-state index in [2.05, 4.69) is 6.92 Å². The Hall–Kier alpha value is -0.530. The highest BCUT2D eigenvalue weighted by Crippen LogP contribution is 2.48. The molecule has 0 saturated heterocycles. The van der Waals surface area contributed by atoms with E-state index < -0.39 is 0 Å². The standard InChI is InChI=1S/C8H14O2/c1-3-8(4-5-8)6-10-7(2)9/h3-6H2,1-2H3. The highest BCUT2D eigenvalue weighted by molar-refractivity contribution is 5.65. The molecule has 0 N–H and O–H groups in total. The van der Waals surface area contributed by atoms with E-state index in [1.165, 1.54) is 19.8 Å². The minimum absolute atomic E-state index is 0.153. The van der Waals surface area contributed by atoms with Gasteiger partial charge in [0.2, 0.25) is 0 Å². The lowest BCUT2D eigenvalue weighted by molar-refractivity contribution is -0.142. The molecule has 0 atom stereocenters. The zero-order valence-electron chi connectivity index (χ0n) is 6.64. The second-order valence-electron chi connectivity index (χ2n) is 3.13. The largest absolute Gasteiger partial charge is 0.465 e. The molecule has 0 aromatic heterocycles. The van der Waals surface area contributed by atoms with E-state index in [1.807, 2.05) is 0 Å². The van der Waals surface area contributed by atoms with Crippen LogP contribution < -0.4 is 0 Å². The predicted octanol–water partition coefficient (Wildman–Crippen LogP) is 1.74. The third kappa shape index (κ3) is 1.72. The first-order valence-corrected chi connectivity index (χ1v) is 3.82. The molecule has 1 fully saturated rings. The molecular formula is C8H14O2. The van der Waals surface area contributed by atoms with Gasteiger partial charge in [0.25, 0.3) is 0 Å². The van der Waals surface area contributed by atoms with Crippen molar-refractivity contribution in [2.45, 2.75) is 33.1 Å². The summed E-state index contributed by atoms with van der Waals surface area (Å²) in [6, 6.07) is 0. The summed E-state index contributed by atoms with van der Waals surface area (Å²) in [5.41, 5.74) is 0.381. The Morgan fingerprint density at radius 2 is 2.20 bits per heavy atom. The average molecular weight is 142 g/mol. The first kappa shape index (κ1) is 7.58. The van der Waals surface area contributed by atoms with Crippen molar-refractivity contribution in [1.82, 2.24) is 0 Å². The van der Waals surface area contributed by atoms with Gasteiger partial charge in [0.15, 0.2) is 0 Å². The fourth-order valence-electron chi connectivity index (χ4n) is 1.03. The summed E-state index contributed by atoms with van der Waals surface area (Å²) in [4.78, 5) is 10.4. The van der Waals surface area contributed by atoms with Gasteiger partial charge in [-0.1, -0.05) is 6.92 Å². The quantitative estimate of drug-likeness (QED) is 0.561. The van der Waals surface area contributed by atoms with Gasteiger partial charge in [-0.25, -0.2) is 0 Å². The van der Waals surface area contributed by atoms with Crippen LogP contribution in [0.1, 0.15) is 33.1 Å². The Bertz CT molecular complexity index is 136. The Balaban J connectivity index is 2.19. The number of carbonyl (C=O) groups is 1. The van der Waals surface area contributed by atoms with Gasteiger partial charge in [-0.3, -0.25) is 4.79 Å². The average Bonchev–Trinajstić information content (AvgIpc) is 2.64. The Morgan fingerprint density at radius 3 is 2.50 bits per heavy atom. The van der Waals surface area contributed by atoms with Crippen LogP contribution in [-0.2, 0) is 9.53 Å². The van der Waals surface area contributed by atoms with Crippen molar-refractivity contribution >= 4 is 5.97 Å². The third-order valence-electron chi connectivity index (χ3n) is 2.29. The summed E-state index contributed by atoms with van der Waals surface area (Å²) in [5.74, 6) is -0.153. The highest BCUT2D eigenvalue weighted by Gasteiger charge is 2.41. The summed E-state index contributed by atoms with van der Waals surface area (Å²) >= 11 is 0. The maximum atomic E-state index is 10.4. The van der Waals surface area contributed by atoms with E-state index in [0.29, 0.717) is 12.0 Å². The van der Waals surface area contributed by atoms with Gasteiger partial charge >= 0.3 is 5.97 Å². The van der Waals surface area contributed by atoms with Crippen molar-refractivity contribution in [1.29, 1.82) is 0 Å². The minimum Gasteiger partial charge on any atom is -0.465 e. The summed E-state index contributed by atoms with van der Waals surface area (Å²) in [5, 5.41) is 0. The second kappa shape index (κ2) is 2.60. The van der Waals surface area contributed by atoms with Crippen molar-refractivity contribution < 1.29 is 9.53 Å². The molecule has 10 heavy (non-hydrogen) atoms. The van der Waals surface area contributed by atoms with Crippen molar-refractivity contribution in [2.24, 2.45) is 5.41 Å². The maximum Gasteiger partial charge on any atom is 0.302 e. The number of carbonyl (C=O) groups excluding carboxylic acids is 1. The maximum absolute atomic E-state index is 10.4. The number of esters is 1. The lowest BCUT2D eigenvalue weighted by Crippen LogP contribution is -2.11. The molecule has 0 amide bonds. The molecule has 58 valence electrons. The van der Waals surface area contributed by atoms with Crippen LogP contribution in [0.5, 0.6) is 0 Å². The number of ether oxygens (including phenoxy) is 1. The molecule has 1 rings (SSSR count). The molecule has 1 aliphatic carbocycles. The lowest BCUT2D eigenvalue weighted by Gasteiger charge is -2.10. The van der Waals surface area contributed by atoms with Crippen molar-refractivity contribution in [3.05, 3.63) is 0 Å². The third-order valence-corrected chi connectivity index (χ3v) is 2.29. The normalized spacial score (nSPS) is 20.2. The van der Waals surface area contributed by atoms with E-state index in [1.54, 1.807) is 0 Å². The van der Waals surface area contributed by atoms with Crippen LogP contribution in [0.25, 0.3) is 0 Å². The van der Waals surface area contributed by atoms with Gasteiger partial charge in [-0.05, 0) is 19.3 Å². The van der Waals surface area contributed by atoms with Crippen LogP contribution in [0.15, 0.2) is 0 Å². The highest BCUT2D eigenvalue weighted by atomic mass is 16.5. The van der Waals surface area contributed by atoms with Gasteiger partial charge in [0.1, 0.15) is 0 Å². The van der Waals surface area contributed by atoms with Crippen molar-refractivity contribution in [3.8, 4) is 0 Å². The molecule has 0 bridgehead atoms. The molecule has 0 unspecified atom stereocenters. The van der Waals surface area contributed by atoms with E-state index >= 15 is 0 Å². The predicted molar refractivity (Wildman–Crippen MR) is 38.6 cm³/mol. The molecule has 0 radical (unpaired) electrons. The molecule has 1 saturated carbocycles. The van der Waals surface area contributed by atoms with Gasteiger partial charge < -0.3 is 4.74 Å². The Morgan fingerprint density at radius 1 is 1.60 bits per heavy atom. The van der Waals surface area contributed by atoms with Crippen LogP contribution in [0.4, 0.5) is 0 Å². The topological polar surface area (TPSA) is 26.3 Å². The van der Waals surface area contributed by atoms with Gasteiger partial charge in [0.05, 0.1) is 6.61 Å². The molecule has 0 aliphatic heterocycles. The zero-order chi connectivity index (χ0) is 7.61. The number of hydrogen-bond donors (Lipinski definition) is 0. The Labute approximate surface area is 61.6 Å².